The third kappa shape index (κ3) is 4.98. The number of aromatic nitrogens is 2. The highest BCUT2D eigenvalue weighted by Crippen LogP contribution is 2.24. The maximum atomic E-state index is 13.4. The Balaban J connectivity index is 1.76. The van der Waals surface area contributed by atoms with Crippen LogP contribution in [0.15, 0.2) is 54.9 Å². The monoisotopic (exact) mass is 450 g/mol. The van der Waals surface area contributed by atoms with Gasteiger partial charge in [0.25, 0.3) is 0 Å². The SMILES string of the molecule is Cc1nccn1-c1ccccc1CNC(=O)CN(c1ccc(F)c(Cl)c1)S(C)(=O)=O. The number of rotatable bonds is 7. The van der Waals surface area contributed by atoms with Gasteiger partial charge in [-0.1, -0.05) is 29.8 Å². The van der Waals surface area contributed by atoms with Crippen molar-refractivity contribution in [3.05, 3.63) is 77.1 Å². The molecule has 0 bridgehead atoms. The number of nitrogens with zero attached hydrogens (tertiary/aromatic N) is 3. The molecule has 0 saturated carbocycles. The highest BCUT2D eigenvalue weighted by molar-refractivity contribution is 7.92. The zero-order valence-electron chi connectivity index (χ0n) is 16.3. The van der Waals surface area contributed by atoms with Crippen LogP contribution in [0.1, 0.15) is 11.4 Å². The predicted octanol–water partition coefficient (Wildman–Crippen LogP) is 3.06. The Morgan fingerprint density at radius 1 is 1.27 bits per heavy atom. The van der Waals surface area contributed by atoms with Crippen LogP contribution in [-0.4, -0.2) is 36.7 Å². The minimum atomic E-state index is -3.80. The van der Waals surface area contributed by atoms with Crippen LogP contribution in [0.2, 0.25) is 5.02 Å². The van der Waals surface area contributed by atoms with E-state index in [0.717, 1.165) is 33.7 Å². The minimum absolute atomic E-state index is 0.105. The van der Waals surface area contributed by atoms with E-state index in [1.54, 1.807) is 6.20 Å². The normalized spacial score (nSPS) is 11.3. The second kappa shape index (κ2) is 8.85. The van der Waals surface area contributed by atoms with E-state index in [1.807, 2.05) is 42.0 Å². The molecule has 1 aromatic heterocycles. The predicted molar refractivity (Wildman–Crippen MR) is 114 cm³/mol. The van der Waals surface area contributed by atoms with Gasteiger partial charge in [0.2, 0.25) is 15.9 Å². The lowest BCUT2D eigenvalue weighted by atomic mass is 10.1. The van der Waals surface area contributed by atoms with Gasteiger partial charge in [0.05, 0.1) is 22.7 Å². The van der Waals surface area contributed by atoms with E-state index >= 15 is 0 Å². The Hall–Kier alpha value is -2.91. The van der Waals surface area contributed by atoms with Gasteiger partial charge in [-0.3, -0.25) is 9.10 Å². The summed E-state index contributed by atoms with van der Waals surface area (Å²) in [5, 5.41) is 2.50. The van der Waals surface area contributed by atoms with E-state index in [9.17, 15) is 17.6 Å². The molecule has 7 nitrogen and oxygen atoms in total. The lowest BCUT2D eigenvalue weighted by Gasteiger charge is -2.22. The van der Waals surface area contributed by atoms with E-state index in [-0.39, 0.29) is 17.3 Å². The molecular formula is C20H20ClFN4O3S. The zero-order valence-corrected chi connectivity index (χ0v) is 17.9. The van der Waals surface area contributed by atoms with E-state index in [0.29, 0.717) is 0 Å². The van der Waals surface area contributed by atoms with E-state index in [4.69, 9.17) is 11.6 Å². The van der Waals surface area contributed by atoms with Gasteiger partial charge in [-0.2, -0.15) is 0 Å². The van der Waals surface area contributed by atoms with Gasteiger partial charge in [-0.05, 0) is 36.8 Å². The molecule has 0 aliphatic rings. The van der Waals surface area contributed by atoms with Crippen molar-refractivity contribution in [2.75, 3.05) is 17.1 Å². The summed E-state index contributed by atoms with van der Waals surface area (Å²) in [6, 6.07) is 11.0. The van der Waals surface area contributed by atoms with Crippen LogP contribution in [0, 0.1) is 12.7 Å². The van der Waals surface area contributed by atoms with Crippen LogP contribution in [0.5, 0.6) is 0 Å². The fourth-order valence-electron chi connectivity index (χ4n) is 2.95. The number of sulfonamides is 1. The Bertz CT molecular complexity index is 1180. The summed E-state index contributed by atoms with van der Waals surface area (Å²) in [6.45, 7) is 1.59. The first-order valence-electron chi connectivity index (χ1n) is 8.94. The smallest absolute Gasteiger partial charge is 0.241 e. The molecule has 1 heterocycles. The Kier molecular flexibility index (Phi) is 6.42. The maximum Gasteiger partial charge on any atom is 0.241 e. The highest BCUT2D eigenvalue weighted by Gasteiger charge is 2.22. The molecule has 0 atom stereocenters. The van der Waals surface area contributed by atoms with E-state index in [2.05, 4.69) is 10.3 Å². The number of anilines is 1. The second-order valence-corrected chi connectivity index (χ2v) is 8.93. The van der Waals surface area contributed by atoms with Crippen LogP contribution in [0.3, 0.4) is 0 Å². The molecule has 0 unspecified atom stereocenters. The molecule has 10 heteroatoms. The van der Waals surface area contributed by atoms with Crippen molar-refractivity contribution in [1.82, 2.24) is 14.9 Å². The fourth-order valence-corrected chi connectivity index (χ4v) is 3.97. The molecule has 0 fully saturated rings. The molecule has 0 aliphatic heterocycles. The number of hydrogen-bond donors (Lipinski definition) is 1. The van der Waals surface area contributed by atoms with Gasteiger partial charge in [-0.25, -0.2) is 17.8 Å². The number of benzene rings is 2. The average molecular weight is 451 g/mol. The first-order valence-corrected chi connectivity index (χ1v) is 11.2. The Morgan fingerprint density at radius 2 is 2.00 bits per heavy atom. The van der Waals surface area contributed by atoms with Gasteiger partial charge >= 0.3 is 0 Å². The fraction of sp³-hybridized carbons (Fsp3) is 0.200. The molecule has 1 amide bonds. The highest BCUT2D eigenvalue weighted by atomic mass is 35.5. The molecule has 0 saturated heterocycles. The third-order valence-electron chi connectivity index (χ3n) is 4.43. The summed E-state index contributed by atoms with van der Waals surface area (Å²) in [7, 11) is -3.80. The van der Waals surface area contributed by atoms with Crippen LogP contribution < -0.4 is 9.62 Å². The topological polar surface area (TPSA) is 84.3 Å². The summed E-state index contributed by atoms with van der Waals surface area (Å²) in [4.78, 5) is 16.7. The molecule has 158 valence electrons. The molecule has 2 aromatic carbocycles. The quantitative estimate of drug-likeness (QED) is 0.599. The number of imidazole rings is 1. The van der Waals surface area contributed by atoms with Crippen molar-refractivity contribution in [2.24, 2.45) is 0 Å². The van der Waals surface area contributed by atoms with Gasteiger partial charge in [0.15, 0.2) is 0 Å². The number of carbonyl (C=O) groups excluding carboxylic acids is 1. The first kappa shape index (κ1) is 21.8. The number of halogens is 2. The van der Waals surface area contributed by atoms with Crippen molar-refractivity contribution < 1.29 is 17.6 Å². The Morgan fingerprint density at radius 3 is 2.63 bits per heavy atom. The van der Waals surface area contributed by atoms with Gasteiger partial charge in [0.1, 0.15) is 18.2 Å². The zero-order chi connectivity index (χ0) is 21.9. The Labute approximate surface area is 179 Å². The van der Waals surface area contributed by atoms with Crippen molar-refractivity contribution in [2.45, 2.75) is 13.5 Å². The van der Waals surface area contributed by atoms with Gasteiger partial charge in [0, 0.05) is 18.9 Å². The van der Waals surface area contributed by atoms with Crippen LogP contribution in [0.25, 0.3) is 5.69 Å². The lowest BCUT2D eigenvalue weighted by Crippen LogP contribution is -2.40. The largest absolute Gasteiger partial charge is 0.350 e. The number of aryl methyl sites for hydroxylation is 1. The summed E-state index contributed by atoms with van der Waals surface area (Å²) in [5.74, 6) is -0.395. The van der Waals surface area contributed by atoms with E-state index in [1.165, 1.54) is 12.1 Å². The first-order chi connectivity index (χ1) is 14.2. The molecule has 0 radical (unpaired) electrons. The lowest BCUT2D eigenvalue weighted by molar-refractivity contribution is -0.119. The van der Waals surface area contributed by atoms with Crippen molar-refractivity contribution in [3.63, 3.8) is 0 Å². The van der Waals surface area contributed by atoms with Crippen molar-refractivity contribution in [3.8, 4) is 5.69 Å². The summed E-state index contributed by atoms with van der Waals surface area (Å²) in [5.41, 5.74) is 1.80. The molecular weight excluding hydrogens is 431 g/mol. The van der Waals surface area contributed by atoms with E-state index < -0.39 is 28.3 Å². The molecule has 3 rings (SSSR count). The molecule has 30 heavy (non-hydrogen) atoms. The van der Waals surface area contributed by atoms with Gasteiger partial charge in [-0.15, -0.1) is 0 Å². The maximum absolute atomic E-state index is 13.4. The number of nitrogens with one attached hydrogen (secondary N) is 1. The minimum Gasteiger partial charge on any atom is -0.350 e. The second-order valence-electron chi connectivity index (χ2n) is 6.62. The van der Waals surface area contributed by atoms with Crippen LogP contribution in [-0.2, 0) is 21.4 Å². The summed E-state index contributed by atoms with van der Waals surface area (Å²) < 4.78 is 40.6. The standard InChI is InChI=1S/C20H20ClFN4O3S/c1-14-23-9-10-25(14)19-6-4-3-5-15(19)12-24-20(27)13-26(30(2,28)29)16-7-8-18(22)17(21)11-16/h3-11H,12-13H2,1-2H3,(H,24,27). The number of carbonyl (C=O) groups is 1. The summed E-state index contributed by atoms with van der Waals surface area (Å²) in [6.07, 6.45) is 4.47. The average Bonchev–Trinajstić information content (AvgIpc) is 3.12. The van der Waals surface area contributed by atoms with Crippen molar-refractivity contribution >= 4 is 33.2 Å². The summed E-state index contributed by atoms with van der Waals surface area (Å²) >= 11 is 5.76. The number of para-hydroxylation sites is 1. The number of amides is 1. The third-order valence-corrected chi connectivity index (χ3v) is 5.86. The van der Waals surface area contributed by atoms with Crippen LogP contribution >= 0.6 is 11.6 Å². The molecule has 0 aliphatic carbocycles. The molecule has 0 spiro atoms. The van der Waals surface area contributed by atoms with Gasteiger partial charge < -0.3 is 9.88 Å². The van der Waals surface area contributed by atoms with Crippen LogP contribution in [0.4, 0.5) is 10.1 Å². The molecule has 1 N–H and O–H groups in total. The number of hydrogen-bond acceptors (Lipinski definition) is 4. The molecule has 3 aromatic rings. The van der Waals surface area contributed by atoms with Crippen molar-refractivity contribution in [1.29, 1.82) is 0 Å².